The molecule has 0 fully saturated rings. The molecule has 0 saturated heterocycles. The fraction of sp³-hybridized carbons (Fsp3) is 0.500. The second-order valence-electron chi connectivity index (χ2n) is 4.49. The minimum absolute atomic E-state index is 0.178. The summed E-state index contributed by atoms with van der Waals surface area (Å²) in [6, 6.07) is 8.02. The lowest BCUT2D eigenvalue weighted by Gasteiger charge is -2.23. The predicted octanol–water partition coefficient (Wildman–Crippen LogP) is 3.75. The van der Waals surface area contributed by atoms with Crippen molar-refractivity contribution in [1.29, 1.82) is 0 Å². The number of carbonyl (C=O) groups is 1. The Labute approximate surface area is 112 Å². The van der Waals surface area contributed by atoms with Crippen molar-refractivity contribution in [3.05, 3.63) is 34.3 Å². The lowest BCUT2D eigenvalue weighted by atomic mass is 10.1. The van der Waals surface area contributed by atoms with E-state index in [1.54, 1.807) is 0 Å². The zero-order valence-corrected chi connectivity index (χ0v) is 12.3. The molecule has 0 aliphatic heterocycles. The van der Waals surface area contributed by atoms with Crippen LogP contribution >= 0.6 is 15.9 Å². The maximum atomic E-state index is 12.1. The molecular weight excluding hydrogens is 278 g/mol. The highest BCUT2D eigenvalue weighted by Crippen LogP contribution is 2.13. The minimum Gasteiger partial charge on any atom is -0.296 e. The van der Waals surface area contributed by atoms with Gasteiger partial charge in [-0.25, -0.2) is 0 Å². The molecule has 0 bridgehead atoms. The van der Waals surface area contributed by atoms with Crippen LogP contribution in [0.2, 0.25) is 0 Å². The molecule has 1 atom stereocenters. The molecule has 1 aromatic carbocycles. The van der Waals surface area contributed by atoms with E-state index in [1.807, 2.05) is 31.3 Å². The van der Waals surface area contributed by atoms with Crippen LogP contribution in [0.5, 0.6) is 0 Å². The molecule has 3 heteroatoms. The highest BCUT2D eigenvalue weighted by molar-refractivity contribution is 9.10. The number of nitrogens with zero attached hydrogens (tertiary/aromatic N) is 1. The molecule has 0 spiro atoms. The van der Waals surface area contributed by atoms with Crippen LogP contribution in [0.15, 0.2) is 28.7 Å². The molecule has 1 aromatic rings. The van der Waals surface area contributed by atoms with E-state index in [-0.39, 0.29) is 5.78 Å². The second-order valence-corrected chi connectivity index (χ2v) is 5.40. The molecule has 2 nitrogen and oxygen atoms in total. The molecule has 94 valence electrons. The topological polar surface area (TPSA) is 20.3 Å². The Hall–Kier alpha value is -0.670. The number of benzene rings is 1. The molecular formula is C14H20BrNO. The molecule has 0 saturated carbocycles. The summed E-state index contributed by atoms with van der Waals surface area (Å²) in [6.45, 7) is 4.82. The highest BCUT2D eigenvalue weighted by atomic mass is 79.9. The summed E-state index contributed by atoms with van der Waals surface area (Å²) in [5.41, 5.74) is 0.773. The van der Waals surface area contributed by atoms with Gasteiger partial charge >= 0.3 is 0 Å². The van der Waals surface area contributed by atoms with Gasteiger partial charge in [0.1, 0.15) is 0 Å². The van der Waals surface area contributed by atoms with Crippen molar-refractivity contribution in [3.8, 4) is 0 Å². The molecule has 0 N–H and O–H groups in total. The van der Waals surface area contributed by atoms with Crippen molar-refractivity contribution in [2.45, 2.75) is 32.7 Å². The van der Waals surface area contributed by atoms with Crippen LogP contribution in [0.1, 0.15) is 37.0 Å². The van der Waals surface area contributed by atoms with Gasteiger partial charge in [0, 0.05) is 16.1 Å². The standard InChI is InChI=1S/C14H20BrNO/c1-4-6-11(2)16(3)10-14(17)12-7-5-8-13(15)9-12/h5,7-9,11H,4,6,10H2,1-3H3. The monoisotopic (exact) mass is 297 g/mol. The number of rotatable bonds is 6. The van der Waals surface area contributed by atoms with Gasteiger partial charge in [0.05, 0.1) is 6.54 Å². The maximum absolute atomic E-state index is 12.1. The summed E-state index contributed by atoms with van der Waals surface area (Å²) in [4.78, 5) is 14.2. The Morgan fingerprint density at radius 1 is 1.47 bits per heavy atom. The van der Waals surface area contributed by atoms with Crippen molar-refractivity contribution in [2.75, 3.05) is 13.6 Å². The van der Waals surface area contributed by atoms with Crippen LogP contribution in [0.25, 0.3) is 0 Å². The number of hydrogen-bond acceptors (Lipinski definition) is 2. The van der Waals surface area contributed by atoms with Crippen LogP contribution in [0.4, 0.5) is 0 Å². The summed E-state index contributed by atoms with van der Waals surface area (Å²) >= 11 is 3.38. The number of carbonyl (C=O) groups excluding carboxylic acids is 1. The van der Waals surface area contributed by atoms with Gasteiger partial charge in [-0.3, -0.25) is 9.69 Å². The van der Waals surface area contributed by atoms with Crippen LogP contribution < -0.4 is 0 Å². The van der Waals surface area contributed by atoms with E-state index in [1.165, 1.54) is 0 Å². The lowest BCUT2D eigenvalue weighted by molar-refractivity contribution is 0.0921. The van der Waals surface area contributed by atoms with E-state index in [0.29, 0.717) is 12.6 Å². The predicted molar refractivity (Wildman–Crippen MR) is 75.5 cm³/mol. The van der Waals surface area contributed by atoms with Gasteiger partial charge in [0.2, 0.25) is 0 Å². The molecule has 0 amide bonds. The van der Waals surface area contributed by atoms with Crippen LogP contribution in [-0.2, 0) is 0 Å². The highest BCUT2D eigenvalue weighted by Gasteiger charge is 2.13. The fourth-order valence-electron chi connectivity index (χ4n) is 1.77. The number of halogens is 1. The summed E-state index contributed by atoms with van der Waals surface area (Å²) < 4.78 is 0.951. The van der Waals surface area contributed by atoms with Crippen LogP contribution in [-0.4, -0.2) is 30.3 Å². The number of hydrogen-bond donors (Lipinski definition) is 0. The minimum atomic E-state index is 0.178. The van der Waals surface area contributed by atoms with Crippen molar-refractivity contribution in [2.24, 2.45) is 0 Å². The van der Waals surface area contributed by atoms with Crippen molar-refractivity contribution < 1.29 is 4.79 Å². The van der Waals surface area contributed by atoms with Gasteiger partial charge in [0.15, 0.2) is 5.78 Å². The van der Waals surface area contributed by atoms with Crippen molar-refractivity contribution >= 4 is 21.7 Å². The third-order valence-corrected chi connectivity index (χ3v) is 3.49. The third-order valence-electron chi connectivity index (χ3n) is 3.00. The van der Waals surface area contributed by atoms with Gasteiger partial charge in [-0.2, -0.15) is 0 Å². The summed E-state index contributed by atoms with van der Waals surface area (Å²) in [5.74, 6) is 0.178. The van der Waals surface area contributed by atoms with Gasteiger partial charge in [-0.15, -0.1) is 0 Å². The van der Waals surface area contributed by atoms with E-state index >= 15 is 0 Å². The van der Waals surface area contributed by atoms with Gasteiger partial charge < -0.3 is 0 Å². The summed E-state index contributed by atoms with van der Waals surface area (Å²) in [5, 5.41) is 0. The molecule has 0 aliphatic carbocycles. The van der Waals surface area contributed by atoms with E-state index < -0.39 is 0 Å². The number of ketones is 1. The first-order chi connectivity index (χ1) is 8.04. The maximum Gasteiger partial charge on any atom is 0.176 e. The number of Topliss-reactive ketones (excluding diaryl/α,β-unsaturated/α-hetero) is 1. The molecule has 0 heterocycles. The van der Waals surface area contributed by atoms with Crippen LogP contribution in [0.3, 0.4) is 0 Å². The molecule has 0 aliphatic rings. The zero-order chi connectivity index (χ0) is 12.8. The Morgan fingerprint density at radius 3 is 2.76 bits per heavy atom. The van der Waals surface area contributed by atoms with E-state index in [4.69, 9.17) is 0 Å². The smallest absolute Gasteiger partial charge is 0.176 e. The summed E-state index contributed by atoms with van der Waals surface area (Å²) in [7, 11) is 2.01. The fourth-order valence-corrected chi connectivity index (χ4v) is 2.17. The quantitative estimate of drug-likeness (QED) is 0.745. The first kappa shape index (κ1) is 14.4. The molecule has 17 heavy (non-hydrogen) atoms. The average molecular weight is 298 g/mol. The molecule has 1 rings (SSSR count). The normalized spacial score (nSPS) is 12.8. The van der Waals surface area contributed by atoms with Crippen LogP contribution in [0, 0.1) is 0 Å². The molecule has 1 unspecified atom stereocenters. The van der Waals surface area contributed by atoms with E-state index in [2.05, 4.69) is 34.7 Å². The SMILES string of the molecule is CCCC(C)N(C)CC(=O)c1cccc(Br)c1. The van der Waals surface area contributed by atoms with Gasteiger partial charge in [0.25, 0.3) is 0 Å². The summed E-state index contributed by atoms with van der Waals surface area (Å²) in [6.07, 6.45) is 2.28. The Morgan fingerprint density at radius 2 is 2.18 bits per heavy atom. The van der Waals surface area contributed by atoms with Gasteiger partial charge in [-0.1, -0.05) is 41.4 Å². The molecule has 0 aromatic heterocycles. The van der Waals surface area contributed by atoms with Crippen molar-refractivity contribution in [1.82, 2.24) is 4.90 Å². The van der Waals surface area contributed by atoms with Crippen molar-refractivity contribution in [3.63, 3.8) is 0 Å². The zero-order valence-electron chi connectivity index (χ0n) is 10.7. The van der Waals surface area contributed by atoms with Gasteiger partial charge in [-0.05, 0) is 32.5 Å². The average Bonchev–Trinajstić information content (AvgIpc) is 2.29. The first-order valence-corrected chi connectivity index (χ1v) is 6.83. The van der Waals surface area contributed by atoms with E-state index in [0.717, 1.165) is 22.9 Å². The Balaban J connectivity index is 2.60. The first-order valence-electron chi connectivity index (χ1n) is 6.03. The molecule has 0 radical (unpaired) electrons. The lowest BCUT2D eigenvalue weighted by Crippen LogP contribution is -2.33. The largest absolute Gasteiger partial charge is 0.296 e. The van der Waals surface area contributed by atoms with E-state index in [9.17, 15) is 4.79 Å². The number of likely N-dealkylation sites (N-methyl/N-ethyl adjacent to an activating group) is 1. The third kappa shape index (κ3) is 4.60. The Kier molecular flexibility index (Phi) is 5.86. The second kappa shape index (κ2) is 6.92. The Bertz CT molecular complexity index is 378.